The molecule has 1 aromatic rings. The Kier molecular flexibility index (Phi) is 5.64. The van der Waals surface area contributed by atoms with Gasteiger partial charge in [-0.15, -0.1) is 0 Å². The van der Waals surface area contributed by atoms with E-state index in [4.69, 9.17) is 16.7 Å². The molecular formula is C11H13ClN2O6S. The van der Waals surface area contributed by atoms with Crippen molar-refractivity contribution in [3.8, 4) is 0 Å². The number of nitro benzene ring substituents is 1. The van der Waals surface area contributed by atoms with Crippen molar-refractivity contribution in [2.75, 3.05) is 0 Å². The van der Waals surface area contributed by atoms with Gasteiger partial charge in [0.25, 0.3) is 5.69 Å². The van der Waals surface area contributed by atoms with Crippen LogP contribution in [-0.2, 0) is 14.8 Å². The number of nitrogens with one attached hydrogen (secondary N) is 1. The number of hydrogen-bond acceptors (Lipinski definition) is 5. The van der Waals surface area contributed by atoms with Crippen molar-refractivity contribution < 1.29 is 23.2 Å². The molecule has 0 bridgehead atoms. The molecule has 1 unspecified atom stereocenters. The van der Waals surface area contributed by atoms with Crippen LogP contribution in [0.3, 0.4) is 0 Å². The molecule has 1 atom stereocenters. The highest BCUT2D eigenvalue weighted by molar-refractivity contribution is 7.89. The van der Waals surface area contributed by atoms with E-state index >= 15 is 0 Å². The summed E-state index contributed by atoms with van der Waals surface area (Å²) in [6.07, 6.45) is -0.118. The molecule has 0 aliphatic rings. The monoisotopic (exact) mass is 336 g/mol. The minimum absolute atomic E-state index is 0.0844. The molecule has 0 aliphatic carbocycles. The van der Waals surface area contributed by atoms with Crippen LogP contribution in [0.2, 0.25) is 5.02 Å². The number of aliphatic carboxylic acids is 1. The van der Waals surface area contributed by atoms with Crippen LogP contribution in [0.15, 0.2) is 23.1 Å². The second-order valence-electron chi connectivity index (χ2n) is 4.33. The number of nitrogens with zero attached hydrogens (tertiary/aromatic N) is 1. The molecule has 1 rings (SSSR count). The van der Waals surface area contributed by atoms with Gasteiger partial charge in [0.2, 0.25) is 10.0 Å². The molecule has 0 fully saturated rings. The third kappa shape index (κ3) is 4.96. The van der Waals surface area contributed by atoms with Crippen LogP contribution < -0.4 is 4.72 Å². The topological polar surface area (TPSA) is 127 Å². The smallest absolute Gasteiger partial charge is 0.303 e. The van der Waals surface area contributed by atoms with Crippen molar-refractivity contribution in [2.24, 2.45) is 0 Å². The molecule has 0 aromatic heterocycles. The van der Waals surface area contributed by atoms with Crippen LogP contribution in [0.25, 0.3) is 0 Å². The van der Waals surface area contributed by atoms with E-state index in [0.717, 1.165) is 18.2 Å². The number of benzene rings is 1. The molecule has 10 heteroatoms. The Morgan fingerprint density at radius 2 is 2.14 bits per heavy atom. The van der Waals surface area contributed by atoms with Gasteiger partial charge >= 0.3 is 5.97 Å². The van der Waals surface area contributed by atoms with Crippen LogP contribution in [-0.4, -0.2) is 30.5 Å². The predicted octanol–water partition coefficient (Wildman–Crippen LogP) is 1.78. The van der Waals surface area contributed by atoms with Gasteiger partial charge in [-0.1, -0.05) is 11.6 Å². The molecule has 0 saturated heterocycles. The number of rotatable bonds is 7. The largest absolute Gasteiger partial charge is 0.481 e. The summed E-state index contributed by atoms with van der Waals surface area (Å²) in [4.78, 5) is 20.0. The number of carboxylic acids is 1. The lowest BCUT2D eigenvalue weighted by Crippen LogP contribution is -2.33. The first kappa shape index (κ1) is 17.3. The fraction of sp³-hybridized carbons (Fsp3) is 0.364. The van der Waals surface area contributed by atoms with Gasteiger partial charge in [0.1, 0.15) is 4.90 Å². The molecule has 1 aromatic carbocycles. The summed E-state index contributed by atoms with van der Waals surface area (Å²) in [7, 11) is -4.07. The summed E-state index contributed by atoms with van der Waals surface area (Å²) in [6.45, 7) is 1.49. The van der Waals surface area contributed by atoms with Crippen molar-refractivity contribution in [2.45, 2.75) is 30.7 Å². The van der Waals surface area contributed by atoms with Gasteiger partial charge in [0, 0.05) is 24.6 Å². The lowest BCUT2D eigenvalue weighted by atomic mass is 10.2. The SMILES string of the molecule is CC(CCC(=O)O)NS(=O)(=O)c1cc([N+](=O)[O-])ccc1Cl. The van der Waals surface area contributed by atoms with E-state index in [9.17, 15) is 23.3 Å². The minimum atomic E-state index is -4.07. The maximum atomic E-state index is 12.1. The lowest BCUT2D eigenvalue weighted by molar-refractivity contribution is -0.385. The van der Waals surface area contributed by atoms with E-state index in [0.29, 0.717) is 0 Å². The first-order chi connectivity index (χ1) is 9.63. The second kappa shape index (κ2) is 6.83. The highest BCUT2D eigenvalue weighted by atomic mass is 35.5. The molecule has 0 heterocycles. The van der Waals surface area contributed by atoms with E-state index in [2.05, 4.69) is 4.72 Å². The van der Waals surface area contributed by atoms with Gasteiger partial charge in [0.05, 0.1) is 9.95 Å². The molecule has 0 amide bonds. The minimum Gasteiger partial charge on any atom is -0.481 e. The maximum absolute atomic E-state index is 12.1. The normalized spacial score (nSPS) is 12.9. The molecule has 21 heavy (non-hydrogen) atoms. The fourth-order valence-corrected chi connectivity index (χ4v) is 3.34. The van der Waals surface area contributed by atoms with E-state index in [1.54, 1.807) is 0 Å². The van der Waals surface area contributed by atoms with Crippen molar-refractivity contribution >= 4 is 33.3 Å². The first-order valence-corrected chi connectivity index (χ1v) is 7.67. The zero-order chi connectivity index (χ0) is 16.2. The molecule has 8 nitrogen and oxygen atoms in total. The third-order valence-electron chi connectivity index (χ3n) is 2.56. The summed E-state index contributed by atoms with van der Waals surface area (Å²) in [6, 6.07) is 2.42. The Labute approximate surface area is 125 Å². The average Bonchev–Trinajstić information content (AvgIpc) is 2.35. The van der Waals surface area contributed by atoms with Crippen molar-refractivity contribution in [3.63, 3.8) is 0 Å². The highest BCUT2D eigenvalue weighted by Crippen LogP contribution is 2.26. The van der Waals surface area contributed by atoms with Gasteiger partial charge in [-0.05, 0) is 19.4 Å². The molecule has 116 valence electrons. The number of carbonyl (C=O) groups is 1. The summed E-state index contributed by atoms with van der Waals surface area (Å²) < 4.78 is 26.5. The van der Waals surface area contributed by atoms with Crippen molar-refractivity contribution in [3.05, 3.63) is 33.3 Å². The Morgan fingerprint density at radius 3 is 2.67 bits per heavy atom. The number of non-ortho nitro benzene ring substituents is 1. The summed E-state index contributed by atoms with van der Waals surface area (Å²) in [5.74, 6) is -1.05. The maximum Gasteiger partial charge on any atom is 0.303 e. The molecule has 0 saturated carbocycles. The summed E-state index contributed by atoms with van der Waals surface area (Å²) >= 11 is 5.76. The quantitative estimate of drug-likeness (QED) is 0.577. The van der Waals surface area contributed by atoms with Crippen LogP contribution in [0, 0.1) is 10.1 Å². The van der Waals surface area contributed by atoms with Gasteiger partial charge in [-0.25, -0.2) is 13.1 Å². The molecule has 0 radical (unpaired) electrons. The van der Waals surface area contributed by atoms with E-state index in [1.807, 2.05) is 0 Å². The number of nitro groups is 1. The number of sulfonamides is 1. The van der Waals surface area contributed by atoms with Crippen LogP contribution >= 0.6 is 11.6 Å². The Hall–Kier alpha value is -1.71. The van der Waals surface area contributed by atoms with Crippen LogP contribution in [0.1, 0.15) is 19.8 Å². The zero-order valence-electron chi connectivity index (χ0n) is 10.9. The van der Waals surface area contributed by atoms with Gasteiger partial charge in [0.15, 0.2) is 0 Å². The third-order valence-corrected chi connectivity index (χ3v) is 4.63. The Balaban J connectivity index is 2.99. The second-order valence-corrected chi connectivity index (χ2v) is 6.42. The van der Waals surface area contributed by atoms with E-state index in [1.165, 1.54) is 6.92 Å². The summed E-state index contributed by atoms with van der Waals surface area (Å²) in [5, 5.41) is 19.1. The van der Waals surface area contributed by atoms with Crippen LogP contribution in [0.5, 0.6) is 0 Å². The van der Waals surface area contributed by atoms with E-state index < -0.39 is 37.5 Å². The summed E-state index contributed by atoms with van der Waals surface area (Å²) in [5.41, 5.74) is -0.405. The number of halogens is 1. The molecule has 0 spiro atoms. The molecule has 0 aliphatic heterocycles. The standard InChI is InChI=1S/C11H13ClN2O6S/c1-7(2-5-11(15)16)13-21(19,20)10-6-8(14(17)18)3-4-9(10)12/h3-4,6-7,13H,2,5H2,1H3,(H,15,16). The number of carboxylic acid groups (broad SMARTS) is 1. The zero-order valence-corrected chi connectivity index (χ0v) is 12.5. The Bertz CT molecular complexity index is 661. The number of hydrogen-bond donors (Lipinski definition) is 2. The van der Waals surface area contributed by atoms with Crippen molar-refractivity contribution in [1.29, 1.82) is 0 Å². The molecular weight excluding hydrogens is 324 g/mol. The first-order valence-electron chi connectivity index (χ1n) is 5.81. The highest BCUT2D eigenvalue weighted by Gasteiger charge is 2.23. The Morgan fingerprint density at radius 1 is 1.52 bits per heavy atom. The molecule has 2 N–H and O–H groups in total. The lowest BCUT2D eigenvalue weighted by Gasteiger charge is -2.14. The van der Waals surface area contributed by atoms with Gasteiger partial charge < -0.3 is 5.11 Å². The fourth-order valence-electron chi connectivity index (χ4n) is 1.54. The average molecular weight is 337 g/mol. The predicted molar refractivity (Wildman–Crippen MR) is 74.8 cm³/mol. The van der Waals surface area contributed by atoms with Gasteiger partial charge in [-0.3, -0.25) is 14.9 Å². The van der Waals surface area contributed by atoms with Gasteiger partial charge in [-0.2, -0.15) is 0 Å². The van der Waals surface area contributed by atoms with Crippen molar-refractivity contribution in [1.82, 2.24) is 4.72 Å². The van der Waals surface area contributed by atoms with Crippen LogP contribution in [0.4, 0.5) is 5.69 Å². The van der Waals surface area contributed by atoms with E-state index in [-0.39, 0.29) is 17.9 Å².